The van der Waals surface area contributed by atoms with Gasteiger partial charge in [-0.05, 0) is 18.4 Å². The number of carbonyl (C=O) groups excluding carboxylic acids is 1. The van der Waals surface area contributed by atoms with Crippen molar-refractivity contribution in [1.82, 2.24) is 10.0 Å². The van der Waals surface area contributed by atoms with Crippen LogP contribution in [0.3, 0.4) is 0 Å². The molecule has 0 radical (unpaired) electrons. The van der Waals surface area contributed by atoms with Crippen LogP contribution in [0.5, 0.6) is 5.75 Å². The summed E-state index contributed by atoms with van der Waals surface area (Å²) < 4.78 is 31.0. The van der Waals surface area contributed by atoms with E-state index in [1.54, 1.807) is 0 Å². The first-order valence-electron chi connectivity index (χ1n) is 7.75. The lowest BCUT2D eigenvalue weighted by Crippen LogP contribution is -2.48. The molecule has 1 aliphatic rings. The Kier molecular flexibility index (Phi) is 5.64. The molecule has 0 saturated carbocycles. The minimum Gasteiger partial charge on any atom is -0.493 e. The van der Waals surface area contributed by atoms with E-state index in [9.17, 15) is 13.2 Å². The molecule has 1 heterocycles. The highest BCUT2D eigenvalue weighted by atomic mass is 32.2. The Morgan fingerprint density at radius 3 is 2.70 bits per heavy atom. The monoisotopic (exact) mass is 340 g/mol. The molecule has 1 amide bonds. The molecule has 0 aliphatic carbocycles. The minimum absolute atomic E-state index is 0.163. The van der Waals surface area contributed by atoms with E-state index < -0.39 is 16.1 Å². The molecule has 6 nitrogen and oxygen atoms in total. The number of para-hydroxylation sites is 1. The van der Waals surface area contributed by atoms with Gasteiger partial charge in [-0.15, -0.1) is 0 Å². The number of hydrogen-bond acceptors (Lipinski definition) is 4. The standard InChI is InChI=1S/C16H24N2O4S/c1-11(2)10-14(18-23(3,20)21)16(19)17-13-8-9-22-15-7-5-4-6-12(13)15/h4-7,11,13-14,18H,8-10H2,1-3H3,(H,17,19)/t13-,14-/m1/s1. The Balaban J connectivity index is 2.12. The van der Waals surface area contributed by atoms with E-state index in [1.165, 1.54) is 0 Å². The van der Waals surface area contributed by atoms with Gasteiger partial charge in [0.15, 0.2) is 0 Å². The van der Waals surface area contributed by atoms with Crippen molar-refractivity contribution >= 4 is 15.9 Å². The van der Waals surface area contributed by atoms with Crippen molar-refractivity contribution in [3.8, 4) is 5.75 Å². The number of sulfonamides is 1. The summed E-state index contributed by atoms with van der Waals surface area (Å²) in [5.74, 6) is 0.660. The van der Waals surface area contributed by atoms with Crippen LogP contribution < -0.4 is 14.8 Å². The van der Waals surface area contributed by atoms with E-state index in [2.05, 4.69) is 10.0 Å². The third kappa shape index (κ3) is 5.21. The predicted octanol–water partition coefficient (Wildman–Crippen LogP) is 1.59. The number of hydrogen-bond donors (Lipinski definition) is 2. The first-order chi connectivity index (χ1) is 10.8. The number of benzene rings is 1. The van der Waals surface area contributed by atoms with Crippen LogP contribution in [0.25, 0.3) is 0 Å². The quantitative estimate of drug-likeness (QED) is 0.824. The molecule has 1 aliphatic heterocycles. The van der Waals surface area contributed by atoms with Gasteiger partial charge in [0.05, 0.1) is 18.9 Å². The van der Waals surface area contributed by atoms with Crippen molar-refractivity contribution in [1.29, 1.82) is 0 Å². The van der Waals surface area contributed by atoms with Gasteiger partial charge in [0, 0.05) is 12.0 Å². The Morgan fingerprint density at radius 1 is 1.35 bits per heavy atom. The van der Waals surface area contributed by atoms with Crippen LogP contribution in [-0.2, 0) is 14.8 Å². The third-order valence-corrected chi connectivity index (χ3v) is 4.37. The van der Waals surface area contributed by atoms with Crippen LogP contribution >= 0.6 is 0 Å². The topological polar surface area (TPSA) is 84.5 Å². The highest BCUT2D eigenvalue weighted by molar-refractivity contribution is 7.88. The average Bonchev–Trinajstić information content (AvgIpc) is 2.45. The first-order valence-corrected chi connectivity index (χ1v) is 9.65. The molecule has 7 heteroatoms. The summed E-state index contributed by atoms with van der Waals surface area (Å²) in [6.07, 6.45) is 2.18. The molecule has 128 valence electrons. The van der Waals surface area contributed by atoms with Crippen LogP contribution in [0.2, 0.25) is 0 Å². The van der Waals surface area contributed by atoms with Gasteiger partial charge in [0.2, 0.25) is 15.9 Å². The molecule has 2 rings (SSSR count). The lowest BCUT2D eigenvalue weighted by atomic mass is 9.99. The predicted molar refractivity (Wildman–Crippen MR) is 88.7 cm³/mol. The Morgan fingerprint density at radius 2 is 2.04 bits per heavy atom. The van der Waals surface area contributed by atoms with Crippen LogP contribution in [0.15, 0.2) is 24.3 Å². The molecule has 1 aromatic carbocycles. The van der Waals surface area contributed by atoms with Crippen LogP contribution in [-0.4, -0.2) is 33.2 Å². The van der Waals surface area contributed by atoms with E-state index in [0.717, 1.165) is 17.6 Å². The van der Waals surface area contributed by atoms with Gasteiger partial charge in [-0.1, -0.05) is 32.0 Å². The van der Waals surface area contributed by atoms with Crippen molar-refractivity contribution in [2.24, 2.45) is 5.92 Å². The fourth-order valence-electron chi connectivity index (χ4n) is 2.70. The van der Waals surface area contributed by atoms with E-state index >= 15 is 0 Å². The zero-order valence-corrected chi connectivity index (χ0v) is 14.5. The highest BCUT2D eigenvalue weighted by Gasteiger charge is 2.28. The number of rotatable bonds is 6. The summed E-state index contributed by atoms with van der Waals surface area (Å²) in [4.78, 5) is 12.6. The summed E-state index contributed by atoms with van der Waals surface area (Å²) >= 11 is 0. The zero-order valence-electron chi connectivity index (χ0n) is 13.7. The second-order valence-corrected chi connectivity index (χ2v) is 8.09. The van der Waals surface area contributed by atoms with Gasteiger partial charge in [-0.3, -0.25) is 4.79 Å². The number of nitrogens with one attached hydrogen (secondary N) is 2. The van der Waals surface area contributed by atoms with Gasteiger partial charge >= 0.3 is 0 Å². The molecule has 0 fully saturated rings. The summed E-state index contributed by atoms with van der Waals surface area (Å²) in [6.45, 7) is 4.43. The van der Waals surface area contributed by atoms with Gasteiger partial charge in [0.1, 0.15) is 11.8 Å². The summed E-state index contributed by atoms with van der Waals surface area (Å²) in [6, 6.07) is 6.64. The fourth-order valence-corrected chi connectivity index (χ4v) is 3.42. The molecule has 1 aromatic rings. The van der Waals surface area contributed by atoms with Crippen molar-refractivity contribution in [2.45, 2.75) is 38.8 Å². The second-order valence-electron chi connectivity index (χ2n) is 6.31. The average molecular weight is 340 g/mol. The zero-order chi connectivity index (χ0) is 17.0. The maximum Gasteiger partial charge on any atom is 0.238 e. The second kappa shape index (κ2) is 7.31. The maximum atomic E-state index is 12.6. The molecule has 0 saturated heterocycles. The largest absolute Gasteiger partial charge is 0.493 e. The molecule has 23 heavy (non-hydrogen) atoms. The van der Waals surface area contributed by atoms with Crippen molar-refractivity contribution in [3.63, 3.8) is 0 Å². The number of amides is 1. The van der Waals surface area contributed by atoms with Gasteiger partial charge in [0.25, 0.3) is 0 Å². The van der Waals surface area contributed by atoms with Crippen molar-refractivity contribution in [3.05, 3.63) is 29.8 Å². The smallest absolute Gasteiger partial charge is 0.238 e. The molecule has 2 N–H and O–H groups in total. The maximum absolute atomic E-state index is 12.6. The lowest BCUT2D eigenvalue weighted by molar-refractivity contribution is -0.124. The van der Waals surface area contributed by atoms with Gasteiger partial charge in [-0.2, -0.15) is 0 Å². The molecule has 0 unspecified atom stereocenters. The normalized spacial score (nSPS) is 18.9. The lowest BCUT2D eigenvalue weighted by Gasteiger charge is -2.28. The SMILES string of the molecule is CC(C)C[C@@H](NS(C)(=O)=O)C(=O)N[C@@H]1CCOc2ccccc21. The van der Waals surface area contributed by atoms with E-state index in [4.69, 9.17) is 4.74 Å². The summed E-state index contributed by atoms with van der Waals surface area (Å²) in [5.41, 5.74) is 0.926. The van der Waals surface area contributed by atoms with Gasteiger partial charge < -0.3 is 10.1 Å². The van der Waals surface area contributed by atoms with Crippen molar-refractivity contribution in [2.75, 3.05) is 12.9 Å². The van der Waals surface area contributed by atoms with Gasteiger partial charge in [-0.25, -0.2) is 13.1 Å². The Hall–Kier alpha value is -1.60. The molecule has 0 aromatic heterocycles. The molecule has 0 spiro atoms. The van der Waals surface area contributed by atoms with Crippen LogP contribution in [0.4, 0.5) is 0 Å². The van der Waals surface area contributed by atoms with E-state index in [0.29, 0.717) is 19.4 Å². The Labute approximate surface area is 137 Å². The van der Waals surface area contributed by atoms with Crippen molar-refractivity contribution < 1.29 is 17.9 Å². The molecular weight excluding hydrogens is 316 g/mol. The fraction of sp³-hybridized carbons (Fsp3) is 0.562. The third-order valence-electron chi connectivity index (χ3n) is 3.65. The Bertz CT molecular complexity index is 658. The minimum atomic E-state index is -3.45. The first kappa shape index (κ1) is 17.7. The molecule has 0 bridgehead atoms. The van der Waals surface area contributed by atoms with Crippen LogP contribution in [0.1, 0.15) is 38.3 Å². The van der Waals surface area contributed by atoms with E-state index in [1.807, 2.05) is 38.1 Å². The number of ether oxygens (including phenoxy) is 1. The van der Waals surface area contributed by atoms with E-state index in [-0.39, 0.29) is 17.9 Å². The summed E-state index contributed by atoms with van der Waals surface area (Å²) in [5, 5.41) is 2.96. The molecular formula is C16H24N2O4S. The number of carbonyl (C=O) groups is 1. The summed E-state index contributed by atoms with van der Waals surface area (Å²) in [7, 11) is -3.45. The number of fused-ring (bicyclic) bond motifs is 1. The molecule has 2 atom stereocenters. The highest BCUT2D eigenvalue weighted by Crippen LogP contribution is 2.31. The van der Waals surface area contributed by atoms with Crippen LogP contribution in [0, 0.1) is 5.92 Å².